The van der Waals surface area contributed by atoms with E-state index in [0.29, 0.717) is 18.0 Å². The molecule has 2 aromatic rings. The number of hydrogen-bond acceptors (Lipinski definition) is 3. The van der Waals surface area contributed by atoms with E-state index in [2.05, 4.69) is 5.32 Å². The van der Waals surface area contributed by atoms with Crippen molar-refractivity contribution in [1.29, 1.82) is 0 Å². The monoisotopic (exact) mass is 330 g/mol. The molecule has 0 spiro atoms. The van der Waals surface area contributed by atoms with Gasteiger partial charge in [-0.1, -0.05) is 30.3 Å². The molecule has 5 heteroatoms. The molecule has 0 saturated heterocycles. The zero-order valence-electron chi connectivity index (χ0n) is 13.7. The van der Waals surface area contributed by atoms with Gasteiger partial charge in [0.2, 0.25) is 0 Å². The van der Waals surface area contributed by atoms with Crippen LogP contribution in [0.1, 0.15) is 23.6 Å². The highest BCUT2D eigenvalue weighted by molar-refractivity contribution is 7.92. The van der Waals surface area contributed by atoms with Gasteiger partial charge in [-0.05, 0) is 49.6 Å². The zero-order chi connectivity index (χ0) is 16.6. The topological polar surface area (TPSA) is 49.4 Å². The summed E-state index contributed by atoms with van der Waals surface area (Å²) < 4.78 is 28.2. The van der Waals surface area contributed by atoms with Gasteiger partial charge in [-0.15, -0.1) is 0 Å². The van der Waals surface area contributed by atoms with Crippen LogP contribution in [0.25, 0.3) is 0 Å². The van der Waals surface area contributed by atoms with Gasteiger partial charge in [0, 0.05) is 19.1 Å². The summed E-state index contributed by atoms with van der Waals surface area (Å²) in [5, 5.41) is 3.37. The minimum absolute atomic E-state index is 0.0855. The van der Waals surface area contributed by atoms with Crippen molar-refractivity contribution in [3.05, 3.63) is 59.2 Å². The highest BCUT2D eigenvalue weighted by Gasteiger charge is 2.31. The van der Waals surface area contributed by atoms with Crippen LogP contribution in [-0.4, -0.2) is 21.0 Å². The molecule has 0 aromatic heterocycles. The third-order valence-corrected chi connectivity index (χ3v) is 6.17. The van der Waals surface area contributed by atoms with Gasteiger partial charge in [0.05, 0.1) is 10.6 Å². The van der Waals surface area contributed by atoms with E-state index >= 15 is 0 Å². The number of anilines is 1. The molecule has 0 radical (unpaired) electrons. The average Bonchev–Trinajstić information content (AvgIpc) is 2.70. The Morgan fingerprint density at radius 1 is 1.13 bits per heavy atom. The largest absolute Gasteiger partial charge is 0.308 e. The highest BCUT2D eigenvalue weighted by Crippen LogP contribution is 2.30. The van der Waals surface area contributed by atoms with Crippen molar-refractivity contribution in [2.24, 2.45) is 0 Å². The number of rotatable bonds is 2. The summed E-state index contributed by atoms with van der Waals surface area (Å²) in [5.74, 6) is 0. The fraction of sp³-hybridized carbons (Fsp3) is 0.333. The number of nitrogens with zero attached hydrogens (tertiary/aromatic N) is 1. The Kier molecular flexibility index (Phi) is 4.17. The van der Waals surface area contributed by atoms with E-state index in [1.54, 1.807) is 10.4 Å². The van der Waals surface area contributed by atoms with Crippen LogP contribution < -0.4 is 9.62 Å². The molecule has 4 nitrogen and oxygen atoms in total. The Labute approximate surface area is 138 Å². The van der Waals surface area contributed by atoms with E-state index in [0.717, 1.165) is 22.4 Å². The SMILES string of the molecule is Cc1ccc(C)c(S(=O)(=O)N2CC(C)NCc3ccccc32)c1. The van der Waals surface area contributed by atoms with Gasteiger partial charge in [-0.3, -0.25) is 4.31 Å². The lowest BCUT2D eigenvalue weighted by Crippen LogP contribution is -2.39. The first-order valence-electron chi connectivity index (χ1n) is 7.81. The molecule has 0 amide bonds. The number of benzene rings is 2. The number of hydrogen-bond donors (Lipinski definition) is 1. The lowest BCUT2D eigenvalue weighted by Gasteiger charge is -2.26. The van der Waals surface area contributed by atoms with Gasteiger partial charge in [0.25, 0.3) is 10.0 Å². The summed E-state index contributed by atoms with van der Waals surface area (Å²) in [5.41, 5.74) is 3.50. The van der Waals surface area contributed by atoms with Crippen LogP contribution in [0.15, 0.2) is 47.4 Å². The smallest absolute Gasteiger partial charge is 0.264 e. The van der Waals surface area contributed by atoms with Crippen LogP contribution in [-0.2, 0) is 16.6 Å². The molecule has 0 saturated carbocycles. The summed E-state index contributed by atoms with van der Waals surface area (Å²) in [4.78, 5) is 0.390. The van der Waals surface area contributed by atoms with Crippen LogP contribution >= 0.6 is 0 Å². The van der Waals surface area contributed by atoms with E-state index in [9.17, 15) is 8.42 Å². The third-order valence-electron chi connectivity index (χ3n) is 4.25. The summed E-state index contributed by atoms with van der Waals surface area (Å²) in [6, 6.07) is 13.4. The van der Waals surface area contributed by atoms with Gasteiger partial charge in [0.15, 0.2) is 0 Å². The Morgan fingerprint density at radius 2 is 1.87 bits per heavy atom. The second-order valence-electron chi connectivity index (χ2n) is 6.22. The first-order chi connectivity index (χ1) is 10.9. The Balaban J connectivity index is 2.17. The molecule has 23 heavy (non-hydrogen) atoms. The van der Waals surface area contributed by atoms with Crippen LogP contribution in [0.3, 0.4) is 0 Å². The lowest BCUT2D eigenvalue weighted by atomic mass is 10.2. The van der Waals surface area contributed by atoms with Crippen molar-refractivity contribution >= 4 is 15.7 Å². The fourth-order valence-corrected chi connectivity index (χ4v) is 4.84. The van der Waals surface area contributed by atoms with Crippen LogP contribution in [0.5, 0.6) is 0 Å². The molecule has 2 aromatic carbocycles. The van der Waals surface area contributed by atoms with Crippen molar-refractivity contribution in [1.82, 2.24) is 5.32 Å². The molecule has 0 aliphatic carbocycles. The number of para-hydroxylation sites is 1. The molecular weight excluding hydrogens is 308 g/mol. The Hall–Kier alpha value is -1.85. The Morgan fingerprint density at radius 3 is 2.65 bits per heavy atom. The van der Waals surface area contributed by atoms with E-state index < -0.39 is 10.0 Å². The summed E-state index contributed by atoms with van der Waals surface area (Å²) in [7, 11) is -3.59. The minimum Gasteiger partial charge on any atom is -0.308 e. The zero-order valence-corrected chi connectivity index (χ0v) is 14.5. The molecule has 1 aliphatic rings. The maximum absolute atomic E-state index is 13.3. The van der Waals surface area contributed by atoms with Gasteiger partial charge < -0.3 is 5.32 Å². The van der Waals surface area contributed by atoms with Gasteiger partial charge in [-0.25, -0.2) is 8.42 Å². The molecule has 1 N–H and O–H groups in total. The van der Waals surface area contributed by atoms with Gasteiger partial charge in [-0.2, -0.15) is 0 Å². The second-order valence-corrected chi connectivity index (χ2v) is 8.05. The van der Waals surface area contributed by atoms with Gasteiger partial charge in [0.1, 0.15) is 0 Å². The maximum Gasteiger partial charge on any atom is 0.264 e. The van der Waals surface area contributed by atoms with E-state index in [4.69, 9.17) is 0 Å². The molecule has 122 valence electrons. The first kappa shape index (κ1) is 16.0. The van der Waals surface area contributed by atoms with E-state index in [1.807, 2.05) is 57.2 Å². The second kappa shape index (κ2) is 5.98. The van der Waals surface area contributed by atoms with Crippen LogP contribution in [0, 0.1) is 13.8 Å². The maximum atomic E-state index is 13.3. The van der Waals surface area contributed by atoms with Crippen molar-refractivity contribution in [3.8, 4) is 0 Å². The molecule has 1 heterocycles. The first-order valence-corrected chi connectivity index (χ1v) is 9.25. The highest BCUT2D eigenvalue weighted by atomic mass is 32.2. The number of sulfonamides is 1. The van der Waals surface area contributed by atoms with Crippen molar-refractivity contribution in [2.45, 2.75) is 38.3 Å². The van der Waals surface area contributed by atoms with Crippen molar-refractivity contribution < 1.29 is 8.42 Å². The van der Waals surface area contributed by atoms with Crippen LogP contribution in [0.4, 0.5) is 5.69 Å². The normalized spacial score (nSPS) is 18.4. The number of nitrogens with one attached hydrogen (secondary N) is 1. The average molecular weight is 330 g/mol. The summed E-state index contributed by atoms with van der Waals surface area (Å²) in [6.45, 7) is 6.87. The third kappa shape index (κ3) is 2.99. The number of fused-ring (bicyclic) bond motifs is 1. The molecular formula is C18H22N2O2S. The predicted octanol–water partition coefficient (Wildman–Crippen LogP) is 2.99. The van der Waals surface area contributed by atoms with E-state index in [1.165, 1.54) is 0 Å². The standard InChI is InChI=1S/C18H22N2O2S/c1-13-8-9-14(2)18(10-13)23(21,22)20-12-15(3)19-11-16-6-4-5-7-17(16)20/h4-10,15,19H,11-12H2,1-3H3. The molecule has 1 atom stereocenters. The minimum atomic E-state index is -3.59. The predicted molar refractivity (Wildman–Crippen MR) is 93.2 cm³/mol. The molecule has 3 rings (SSSR count). The lowest BCUT2D eigenvalue weighted by molar-refractivity contribution is 0.556. The van der Waals surface area contributed by atoms with Crippen molar-refractivity contribution in [2.75, 3.05) is 10.8 Å². The fourth-order valence-electron chi connectivity index (χ4n) is 2.93. The van der Waals surface area contributed by atoms with Crippen molar-refractivity contribution in [3.63, 3.8) is 0 Å². The van der Waals surface area contributed by atoms with Gasteiger partial charge >= 0.3 is 0 Å². The molecule has 0 bridgehead atoms. The van der Waals surface area contributed by atoms with Crippen LogP contribution in [0.2, 0.25) is 0 Å². The molecule has 0 fully saturated rings. The molecule has 1 aliphatic heterocycles. The number of aryl methyl sites for hydroxylation is 2. The van der Waals surface area contributed by atoms with E-state index in [-0.39, 0.29) is 6.04 Å². The Bertz CT molecular complexity index is 831. The quantitative estimate of drug-likeness (QED) is 0.921. The molecule has 1 unspecified atom stereocenters. The summed E-state index contributed by atoms with van der Waals surface area (Å²) in [6.07, 6.45) is 0. The summed E-state index contributed by atoms with van der Waals surface area (Å²) >= 11 is 0.